The molecule has 3 aromatic carbocycles. The highest BCUT2D eigenvalue weighted by Crippen LogP contribution is 2.29. The first-order valence-electron chi connectivity index (χ1n) is 10.1. The van der Waals surface area contributed by atoms with Gasteiger partial charge in [0.1, 0.15) is 6.54 Å². The van der Waals surface area contributed by atoms with Gasteiger partial charge < -0.3 is 0 Å². The van der Waals surface area contributed by atoms with Crippen LogP contribution in [0.5, 0.6) is 0 Å². The molecule has 0 radical (unpaired) electrons. The average molecular weight is 490 g/mol. The Kier molecular flexibility index (Phi) is 7.41. The maximum absolute atomic E-state index is 13.3. The van der Waals surface area contributed by atoms with E-state index in [2.05, 4.69) is 10.5 Å². The monoisotopic (exact) mass is 489 g/mol. The zero-order valence-corrected chi connectivity index (χ0v) is 19.2. The van der Waals surface area contributed by atoms with Gasteiger partial charge in [-0.05, 0) is 66.9 Å². The topological polar surface area (TPSA) is 78.8 Å². The summed E-state index contributed by atoms with van der Waals surface area (Å²) in [5.74, 6) is -0.763. The van der Waals surface area contributed by atoms with Crippen molar-refractivity contribution in [2.75, 3.05) is 10.8 Å². The molecule has 0 aromatic heterocycles. The molecule has 1 N–H and O–H groups in total. The molecule has 0 aliphatic heterocycles. The van der Waals surface area contributed by atoms with Gasteiger partial charge in [0.15, 0.2) is 0 Å². The number of hydrazone groups is 1. The highest BCUT2D eigenvalue weighted by molar-refractivity contribution is 7.92. The number of carbonyl (C=O) groups excluding carboxylic acids is 1. The van der Waals surface area contributed by atoms with Crippen molar-refractivity contribution in [3.8, 4) is 0 Å². The zero-order chi connectivity index (χ0) is 24.9. The van der Waals surface area contributed by atoms with Crippen LogP contribution >= 0.6 is 0 Å². The number of nitrogens with one attached hydrogen (secondary N) is 1. The van der Waals surface area contributed by atoms with Crippen LogP contribution in [0.2, 0.25) is 0 Å². The molecule has 6 nitrogen and oxygen atoms in total. The molecule has 0 spiro atoms. The van der Waals surface area contributed by atoms with E-state index in [1.165, 1.54) is 24.3 Å². The molecule has 3 rings (SSSR count). The van der Waals surface area contributed by atoms with Crippen LogP contribution in [0.1, 0.15) is 22.3 Å². The standard InChI is InChI=1S/C24H22F3N3O3S/c1-17-11-12-21(13-18(17)2)30(34(32,33)22-9-4-3-5-10-22)16-23(31)29-28-15-19-7-6-8-20(14-19)24(25,26)27/h3-15H,16H2,1-2H3,(H,29,31). The highest BCUT2D eigenvalue weighted by atomic mass is 32.2. The molecule has 0 aliphatic rings. The second-order valence-electron chi connectivity index (χ2n) is 7.51. The van der Waals surface area contributed by atoms with Gasteiger partial charge in [0.2, 0.25) is 0 Å². The summed E-state index contributed by atoms with van der Waals surface area (Å²) in [4.78, 5) is 12.6. The van der Waals surface area contributed by atoms with E-state index in [9.17, 15) is 26.4 Å². The summed E-state index contributed by atoms with van der Waals surface area (Å²) in [7, 11) is -4.08. The Morgan fingerprint density at radius 2 is 1.68 bits per heavy atom. The van der Waals surface area contributed by atoms with Gasteiger partial charge in [-0.25, -0.2) is 13.8 Å². The number of aryl methyl sites for hydroxylation is 2. The zero-order valence-electron chi connectivity index (χ0n) is 18.4. The number of sulfonamides is 1. The summed E-state index contributed by atoms with van der Waals surface area (Å²) in [5, 5.41) is 3.68. The van der Waals surface area contributed by atoms with Crippen LogP contribution in [0.15, 0.2) is 82.8 Å². The van der Waals surface area contributed by atoms with E-state index in [0.29, 0.717) is 5.69 Å². The minimum absolute atomic E-state index is 0.00787. The van der Waals surface area contributed by atoms with Crippen molar-refractivity contribution in [2.24, 2.45) is 5.10 Å². The lowest BCUT2D eigenvalue weighted by molar-refractivity contribution is -0.137. The molecule has 1 amide bonds. The van der Waals surface area contributed by atoms with E-state index in [0.717, 1.165) is 33.8 Å². The summed E-state index contributed by atoms with van der Waals surface area (Å²) in [5.41, 5.74) is 3.55. The van der Waals surface area contributed by atoms with Gasteiger partial charge in [0.25, 0.3) is 15.9 Å². The Bertz CT molecular complexity index is 1310. The lowest BCUT2D eigenvalue weighted by Gasteiger charge is -2.24. The predicted octanol–water partition coefficient (Wildman–Crippen LogP) is 4.67. The van der Waals surface area contributed by atoms with E-state index in [-0.39, 0.29) is 10.5 Å². The maximum Gasteiger partial charge on any atom is 0.416 e. The smallest absolute Gasteiger partial charge is 0.271 e. The molecule has 0 aliphatic carbocycles. The molecule has 10 heteroatoms. The van der Waals surface area contributed by atoms with E-state index >= 15 is 0 Å². The highest BCUT2D eigenvalue weighted by Gasteiger charge is 2.30. The first kappa shape index (κ1) is 25.0. The quantitative estimate of drug-likeness (QED) is 0.387. The van der Waals surface area contributed by atoms with Crippen LogP contribution < -0.4 is 9.73 Å². The van der Waals surface area contributed by atoms with Crippen LogP contribution in [-0.4, -0.2) is 27.1 Å². The first-order valence-corrected chi connectivity index (χ1v) is 11.6. The minimum atomic E-state index is -4.51. The summed E-state index contributed by atoms with van der Waals surface area (Å²) in [6.45, 7) is 3.12. The summed E-state index contributed by atoms with van der Waals surface area (Å²) >= 11 is 0. The van der Waals surface area contributed by atoms with Crippen LogP contribution in [0.4, 0.5) is 18.9 Å². The molecular formula is C24H22F3N3O3S. The molecule has 0 atom stereocenters. The minimum Gasteiger partial charge on any atom is -0.271 e. The van der Waals surface area contributed by atoms with Crippen molar-refractivity contribution in [3.05, 3.63) is 95.1 Å². The third kappa shape index (κ3) is 6.02. The SMILES string of the molecule is Cc1ccc(N(CC(=O)NN=Cc2cccc(C(F)(F)F)c2)S(=O)(=O)c2ccccc2)cc1C. The molecule has 3 aromatic rings. The van der Waals surface area contributed by atoms with Crippen molar-refractivity contribution in [1.82, 2.24) is 5.43 Å². The first-order chi connectivity index (χ1) is 16.0. The molecule has 178 valence electrons. The number of hydrogen-bond acceptors (Lipinski definition) is 4. The molecule has 0 unspecified atom stereocenters. The fourth-order valence-corrected chi connectivity index (χ4v) is 4.49. The van der Waals surface area contributed by atoms with Crippen LogP contribution in [-0.2, 0) is 21.0 Å². The van der Waals surface area contributed by atoms with Gasteiger partial charge in [-0.1, -0.05) is 36.4 Å². The molecule has 34 heavy (non-hydrogen) atoms. The van der Waals surface area contributed by atoms with Crippen molar-refractivity contribution in [1.29, 1.82) is 0 Å². The Labute approximate surface area is 195 Å². The number of benzene rings is 3. The largest absolute Gasteiger partial charge is 0.416 e. The van der Waals surface area contributed by atoms with E-state index in [4.69, 9.17) is 0 Å². The number of halogens is 3. The van der Waals surface area contributed by atoms with Gasteiger partial charge in [-0.2, -0.15) is 18.3 Å². The Morgan fingerprint density at radius 3 is 2.32 bits per heavy atom. The number of rotatable bonds is 7. The van der Waals surface area contributed by atoms with Crippen molar-refractivity contribution < 1.29 is 26.4 Å². The summed E-state index contributed by atoms with van der Waals surface area (Å²) in [6.07, 6.45) is -3.45. The van der Waals surface area contributed by atoms with E-state index in [1.54, 1.807) is 36.4 Å². The maximum atomic E-state index is 13.3. The molecule has 0 heterocycles. The van der Waals surface area contributed by atoms with Crippen LogP contribution in [0.3, 0.4) is 0 Å². The molecular weight excluding hydrogens is 467 g/mol. The molecule has 0 fully saturated rings. The number of anilines is 1. The van der Waals surface area contributed by atoms with E-state index < -0.39 is 34.2 Å². The lowest BCUT2D eigenvalue weighted by Crippen LogP contribution is -2.39. The lowest BCUT2D eigenvalue weighted by atomic mass is 10.1. The third-order valence-electron chi connectivity index (χ3n) is 5.01. The van der Waals surface area contributed by atoms with Crippen LogP contribution in [0, 0.1) is 13.8 Å². The third-order valence-corrected chi connectivity index (χ3v) is 6.80. The van der Waals surface area contributed by atoms with Crippen LogP contribution in [0.25, 0.3) is 0 Å². The Hall–Kier alpha value is -3.66. The Balaban J connectivity index is 1.83. The number of hydrogen-bond donors (Lipinski definition) is 1. The van der Waals surface area contributed by atoms with Gasteiger partial charge in [0.05, 0.1) is 22.4 Å². The fourth-order valence-electron chi connectivity index (χ4n) is 3.06. The molecule has 0 saturated heterocycles. The van der Waals surface area contributed by atoms with Gasteiger partial charge in [0, 0.05) is 0 Å². The molecule has 0 bridgehead atoms. The van der Waals surface area contributed by atoms with Gasteiger partial charge >= 0.3 is 6.18 Å². The second-order valence-corrected chi connectivity index (χ2v) is 9.37. The number of nitrogens with zero attached hydrogens (tertiary/aromatic N) is 2. The predicted molar refractivity (Wildman–Crippen MR) is 124 cm³/mol. The second kappa shape index (κ2) is 10.1. The number of alkyl halides is 3. The van der Waals surface area contributed by atoms with Gasteiger partial charge in [-0.15, -0.1) is 0 Å². The van der Waals surface area contributed by atoms with Crippen molar-refractivity contribution in [2.45, 2.75) is 24.9 Å². The van der Waals surface area contributed by atoms with Gasteiger partial charge in [-0.3, -0.25) is 9.10 Å². The molecule has 0 saturated carbocycles. The normalized spacial score (nSPS) is 12.0. The van der Waals surface area contributed by atoms with Crippen molar-refractivity contribution in [3.63, 3.8) is 0 Å². The Morgan fingerprint density at radius 1 is 0.971 bits per heavy atom. The summed E-state index contributed by atoms with van der Waals surface area (Å²) in [6, 6.07) is 17.1. The number of amides is 1. The van der Waals surface area contributed by atoms with E-state index in [1.807, 2.05) is 13.8 Å². The fraction of sp³-hybridized carbons (Fsp3) is 0.167. The average Bonchev–Trinajstić information content (AvgIpc) is 2.79. The van der Waals surface area contributed by atoms with Crippen molar-refractivity contribution >= 4 is 27.8 Å². The number of carbonyl (C=O) groups is 1. The summed E-state index contributed by atoms with van der Waals surface area (Å²) < 4.78 is 66.1.